The summed E-state index contributed by atoms with van der Waals surface area (Å²) in [6.07, 6.45) is 1.03. The monoisotopic (exact) mass is 272 g/mol. The first-order valence-corrected chi connectivity index (χ1v) is 7.30. The van der Waals surface area contributed by atoms with Crippen molar-refractivity contribution in [1.82, 2.24) is 9.80 Å². The van der Waals surface area contributed by atoms with Crippen molar-refractivity contribution in [3.05, 3.63) is 35.9 Å². The molecule has 1 aromatic carbocycles. The van der Waals surface area contributed by atoms with Gasteiger partial charge in [0.2, 0.25) is 5.91 Å². The Morgan fingerprint density at radius 3 is 2.10 bits per heavy atom. The van der Waals surface area contributed by atoms with Crippen LogP contribution in [-0.4, -0.2) is 47.8 Å². The average molecular weight is 272 g/mol. The fourth-order valence-electron chi connectivity index (χ4n) is 2.79. The Morgan fingerprint density at radius 1 is 1.00 bits per heavy atom. The molecule has 106 valence electrons. The molecule has 2 fully saturated rings. The van der Waals surface area contributed by atoms with Gasteiger partial charge < -0.3 is 9.80 Å². The van der Waals surface area contributed by atoms with Gasteiger partial charge in [-0.1, -0.05) is 25.1 Å². The molecule has 4 nitrogen and oxygen atoms in total. The number of hydrogen-bond donors (Lipinski definition) is 0. The van der Waals surface area contributed by atoms with Crippen LogP contribution in [0, 0.1) is 11.8 Å². The molecule has 4 heteroatoms. The molecule has 1 saturated carbocycles. The van der Waals surface area contributed by atoms with Crippen LogP contribution in [-0.2, 0) is 4.79 Å². The van der Waals surface area contributed by atoms with Crippen molar-refractivity contribution in [2.75, 3.05) is 26.2 Å². The Balaban J connectivity index is 1.56. The lowest BCUT2D eigenvalue weighted by Crippen LogP contribution is -2.51. The molecule has 0 aromatic heterocycles. The van der Waals surface area contributed by atoms with Crippen molar-refractivity contribution >= 4 is 11.8 Å². The second-order valence-corrected chi connectivity index (χ2v) is 5.80. The van der Waals surface area contributed by atoms with Gasteiger partial charge in [0, 0.05) is 37.7 Å². The first-order valence-electron chi connectivity index (χ1n) is 7.30. The Hall–Kier alpha value is -1.84. The predicted octanol–water partition coefficient (Wildman–Crippen LogP) is 1.63. The number of benzene rings is 1. The smallest absolute Gasteiger partial charge is 0.253 e. The van der Waals surface area contributed by atoms with E-state index in [0.29, 0.717) is 32.1 Å². The van der Waals surface area contributed by atoms with E-state index in [4.69, 9.17) is 0 Å². The molecule has 1 aliphatic heterocycles. The third kappa shape index (κ3) is 2.55. The van der Waals surface area contributed by atoms with E-state index in [2.05, 4.69) is 6.92 Å². The normalized spacial score (nSPS) is 25.4. The zero-order chi connectivity index (χ0) is 14.1. The third-order valence-electron chi connectivity index (χ3n) is 4.33. The van der Waals surface area contributed by atoms with E-state index in [0.717, 1.165) is 12.0 Å². The minimum Gasteiger partial charge on any atom is -0.339 e. The maximum Gasteiger partial charge on any atom is 0.253 e. The zero-order valence-corrected chi connectivity index (χ0v) is 11.8. The maximum absolute atomic E-state index is 12.3. The van der Waals surface area contributed by atoms with Crippen LogP contribution in [0.2, 0.25) is 0 Å². The van der Waals surface area contributed by atoms with Gasteiger partial charge in [0.1, 0.15) is 0 Å². The molecular weight excluding hydrogens is 252 g/mol. The molecule has 0 spiro atoms. The number of piperazine rings is 1. The van der Waals surface area contributed by atoms with E-state index < -0.39 is 0 Å². The van der Waals surface area contributed by atoms with E-state index in [1.807, 2.05) is 40.1 Å². The van der Waals surface area contributed by atoms with Crippen LogP contribution in [0.1, 0.15) is 23.7 Å². The van der Waals surface area contributed by atoms with Crippen LogP contribution < -0.4 is 0 Å². The third-order valence-corrected chi connectivity index (χ3v) is 4.33. The summed E-state index contributed by atoms with van der Waals surface area (Å²) in [6, 6.07) is 9.34. The molecule has 1 heterocycles. The second kappa shape index (κ2) is 5.27. The highest BCUT2D eigenvalue weighted by Crippen LogP contribution is 2.39. The SMILES string of the molecule is CC1CC1C(=O)N1CCN(C(=O)c2ccccc2)CC1. The Labute approximate surface area is 119 Å². The highest BCUT2D eigenvalue weighted by Gasteiger charge is 2.42. The van der Waals surface area contributed by atoms with Gasteiger partial charge in [-0.3, -0.25) is 9.59 Å². The summed E-state index contributed by atoms with van der Waals surface area (Å²) in [7, 11) is 0. The lowest BCUT2D eigenvalue weighted by Gasteiger charge is -2.35. The van der Waals surface area contributed by atoms with Crippen molar-refractivity contribution in [3.63, 3.8) is 0 Å². The molecule has 2 aliphatic rings. The van der Waals surface area contributed by atoms with Crippen LogP contribution in [0.25, 0.3) is 0 Å². The zero-order valence-electron chi connectivity index (χ0n) is 11.8. The lowest BCUT2D eigenvalue weighted by molar-refractivity contribution is -0.134. The molecule has 2 atom stereocenters. The van der Waals surface area contributed by atoms with Gasteiger partial charge in [0.05, 0.1) is 0 Å². The molecule has 0 bridgehead atoms. The van der Waals surface area contributed by atoms with Crippen molar-refractivity contribution in [2.45, 2.75) is 13.3 Å². The number of nitrogens with zero attached hydrogens (tertiary/aromatic N) is 2. The van der Waals surface area contributed by atoms with Crippen molar-refractivity contribution in [2.24, 2.45) is 11.8 Å². The van der Waals surface area contributed by atoms with Gasteiger partial charge in [-0.25, -0.2) is 0 Å². The summed E-state index contributed by atoms with van der Waals surface area (Å²) in [5.41, 5.74) is 0.725. The Bertz CT molecular complexity index is 506. The molecule has 1 aromatic rings. The van der Waals surface area contributed by atoms with Gasteiger partial charge in [0.25, 0.3) is 5.91 Å². The number of amides is 2. The molecule has 2 amide bonds. The van der Waals surface area contributed by atoms with E-state index in [1.54, 1.807) is 0 Å². The number of rotatable bonds is 2. The first kappa shape index (κ1) is 13.2. The van der Waals surface area contributed by atoms with Crippen LogP contribution in [0.4, 0.5) is 0 Å². The molecule has 1 saturated heterocycles. The Morgan fingerprint density at radius 2 is 1.55 bits per heavy atom. The van der Waals surface area contributed by atoms with Crippen molar-refractivity contribution < 1.29 is 9.59 Å². The molecular formula is C16H20N2O2. The van der Waals surface area contributed by atoms with Crippen LogP contribution in [0.5, 0.6) is 0 Å². The molecule has 2 unspecified atom stereocenters. The molecule has 20 heavy (non-hydrogen) atoms. The summed E-state index contributed by atoms with van der Waals surface area (Å²) in [4.78, 5) is 28.2. The summed E-state index contributed by atoms with van der Waals surface area (Å²) >= 11 is 0. The number of hydrogen-bond acceptors (Lipinski definition) is 2. The predicted molar refractivity (Wildman–Crippen MR) is 76.2 cm³/mol. The first-order chi connectivity index (χ1) is 9.66. The van der Waals surface area contributed by atoms with Gasteiger partial charge in [0.15, 0.2) is 0 Å². The van der Waals surface area contributed by atoms with Gasteiger partial charge in [-0.05, 0) is 24.5 Å². The summed E-state index contributed by atoms with van der Waals surface area (Å²) in [5, 5.41) is 0. The Kier molecular flexibility index (Phi) is 3.47. The summed E-state index contributed by atoms with van der Waals surface area (Å²) < 4.78 is 0. The fraction of sp³-hybridized carbons (Fsp3) is 0.500. The summed E-state index contributed by atoms with van der Waals surface area (Å²) in [6.45, 7) is 4.74. The van der Waals surface area contributed by atoms with Gasteiger partial charge >= 0.3 is 0 Å². The molecule has 0 radical (unpaired) electrons. The fourth-order valence-corrected chi connectivity index (χ4v) is 2.79. The van der Waals surface area contributed by atoms with E-state index in [-0.39, 0.29) is 17.7 Å². The number of carbonyl (C=O) groups excluding carboxylic acids is 2. The highest BCUT2D eigenvalue weighted by molar-refractivity contribution is 5.94. The quantitative estimate of drug-likeness (QED) is 0.821. The van der Waals surface area contributed by atoms with Crippen LogP contribution >= 0.6 is 0 Å². The maximum atomic E-state index is 12.3. The lowest BCUT2D eigenvalue weighted by atomic mass is 10.1. The molecule has 0 N–H and O–H groups in total. The van der Waals surface area contributed by atoms with Crippen molar-refractivity contribution in [3.8, 4) is 0 Å². The second-order valence-electron chi connectivity index (χ2n) is 5.80. The van der Waals surface area contributed by atoms with Crippen molar-refractivity contribution in [1.29, 1.82) is 0 Å². The number of carbonyl (C=O) groups is 2. The van der Waals surface area contributed by atoms with Crippen LogP contribution in [0.15, 0.2) is 30.3 Å². The van der Waals surface area contributed by atoms with Gasteiger partial charge in [-0.2, -0.15) is 0 Å². The minimum atomic E-state index is 0.0671. The van der Waals surface area contributed by atoms with E-state index in [9.17, 15) is 9.59 Å². The topological polar surface area (TPSA) is 40.6 Å². The molecule has 1 aliphatic carbocycles. The average Bonchev–Trinajstić information content (AvgIpc) is 3.24. The molecule has 3 rings (SSSR count). The largest absolute Gasteiger partial charge is 0.339 e. The van der Waals surface area contributed by atoms with E-state index in [1.165, 1.54) is 0 Å². The minimum absolute atomic E-state index is 0.0671. The van der Waals surface area contributed by atoms with Crippen LogP contribution in [0.3, 0.4) is 0 Å². The summed E-state index contributed by atoms with van der Waals surface area (Å²) in [5.74, 6) is 1.14. The highest BCUT2D eigenvalue weighted by atomic mass is 16.2. The van der Waals surface area contributed by atoms with Gasteiger partial charge in [-0.15, -0.1) is 0 Å². The standard InChI is InChI=1S/C16H20N2O2/c1-12-11-14(12)16(20)18-9-7-17(8-10-18)15(19)13-5-3-2-4-6-13/h2-6,12,14H,7-11H2,1H3. The van der Waals surface area contributed by atoms with E-state index >= 15 is 0 Å².